The minimum Gasteiger partial charge on any atom is -0.462 e. The quantitative estimate of drug-likeness (QED) is 0.379. The summed E-state index contributed by atoms with van der Waals surface area (Å²) in [6.45, 7) is 7.18. The molecule has 10 heteroatoms. The Morgan fingerprint density at radius 1 is 1.17 bits per heavy atom. The Bertz CT molecular complexity index is 1530. The van der Waals surface area contributed by atoms with Crippen molar-refractivity contribution < 1.29 is 22.7 Å². The van der Waals surface area contributed by atoms with E-state index in [-0.39, 0.29) is 47.1 Å². The number of nitrogens with zero attached hydrogens (tertiary/aromatic N) is 5. The van der Waals surface area contributed by atoms with Gasteiger partial charge in [0.25, 0.3) is 0 Å². The lowest BCUT2D eigenvalue weighted by Crippen LogP contribution is -2.53. The second kappa shape index (κ2) is 11.6. The van der Waals surface area contributed by atoms with Gasteiger partial charge in [-0.15, -0.1) is 0 Å². The van der Waals surface area contributed by atoms with Crippen molar-refractivity contribution in [2.24, 2.45) is 0 Å². The second-order valence-electron chi connectivity index (χ2n) is 11.7. The van der Waals surface area contributed by atoms with Gasteiger partial charge >= 0.3 is 6.01 Å². The molecule has 0 spiro atoms. The molecule has 3 atom stereocenters. The highest BCUT2D eigenvalue weighted by Gasteiger charge is 2.32. The maximum Gasteiger partial charge on any atom is 0.319 e. The van der Waals surface area contributed by atoms with Crippen molar-refractivity contribution in [3.05, 3.63) is 59.7 Å². The highest BCUT2D eigenvalue weighted by Crippen LogP contribution is 2.40. The van der Waals surface area contributed by atoms with Crippen LogP contribution in [0.5, 0.6) is 6.01 Å². The number of piperazine rings is 1. The number of ether oxygens (including phenoxy) is 1. The van der Waals surface area contributed by atoms with Crippen molar-refractivity contribution in [3.8, 4) is 17.1 Å². The van der Waals surface area contributed by atoms with Gasteiger partial charge in [0.05, 0.1) is 5.56 Å². The molecule has 42 heavy (non-hydrogen) atoms. The number of alkyl halides is 1. The van der Waals surface area contributed by atoms with Gasteiger partial charge in [-0.05, 0) is 74.9 Å². The predicted octanol–water partition coefficient (Wildman–Crippen LogP) is 5.10. The van der Waals surface area contributed by atoms with Crippen LogP contribution in [0.25, 0.3) is 22.0 Å². The number of aryl methyl sites for hydroxylation is 1. The van der Waals surface area contributed by atoms with E-state index < -0.39 is 17.8 Å². The molecule has 3 aromatic rings. The average Bonchev–Trinajstić information content (AvgIpc) is 3.32. The highest BCUT2D eigenvalue weighted by atomic mass is 19.1. The summed E-state index contributed by atoms with van der Waals surface area (Å²) in [6.07, 6.45) is 4.35. The summed E-state index contributed by atoms with van der Waals surface area (Å²) in [7, 11) is 1.83. The third-order valence-electron chi connectivity index (χ3n) is 8.94. The van der Waals surface area contributed by atoms with E-state index in [2.05, 4.69) is 16.5 Å². The second-order valence-corrected chi connectivity index (χ2v) is 11.7. The fraction of sp³-hybridized carbons (Fsp3) is 0.469. The summed E-state index contributed by atoms with van der Waals surface area (Å²) in [5, 5.41) is 0.239. The maximum atomic E-state index is 16.6. The summed E-state index contributed by atoms with van der Waals surface area (Å²) in [5.41, 5.74) is 2.53. The Morgan fingerprint density at radius 3 is 2.71 bits per heavy atom. The third kappa shape index (κ3) is 5.21. The zero-order valence-electron chi connectivity index (χ0n) is 24.1. The standard InChI is InChI=1S/C32H36F3N5O2/c1-4-27(41)39-12-13-40(19(2)16-39)31-25-15-26(34)28(24-11-7-9-20-8-5-6-10-23(20)24)29(35)30(25)36-32(37-31)42-18-22-14-21(33)17-38(22)3/h4,7,9,11,15,19,21-22H,1,5-6,8,10,12-14,16-18H2,2-3H3/t19-,21+,22-/m0/s1. The first kappa shape index (κ1) is 28.5. The van der Waals surface area contributed by atoms with Crippen LogP contribution < -0.4 is 9.64 Å². The number of carbonyl (C=O) groups excluding carboxylic acids is 1. The Kier molecular flexibility index (Phi) is 7.83. The van der Waals surface area contributed by atoms with E-state index in [0.29, 0.717) is 44.0 Å². The molecule has 2 fully saturated rings. The van der Waals surface area contributed by atoms with Crippen LogP contribution in [0.3, 0.4) is 0 Å². The number of halogens is 3. The van der Waals surface area contributed by atoms with Gasteiger partial charge < -0.3 is 14.5 Å². The molecule has 1 aromatic heterocycles. The van der Waals surface area contributed by atoms with Crippen LogP contribution in [-0.2, 0) is 17.6 Å². The topological polar surface area (TPSA) is 61.8 Å². The van der Waals surface area contributed by atoms with Crippen LogP contribution in [0.15, 0.2) is 36.9 Å². The number of benzene rings is 2. The number of amides is 1. The van der Waals surface area contributed by atoms with Gasteiger partial charge in [0.2, 0.25) is 5.91 Å². The molecule has 0 radical (unpaired) electrons. The van der Waals surface area contributed by atoms with Gasteiger partial charge in [-0.1, -0.05) is 24.8 Å². The fourth-order valence-electron chi connectivity index (χ4n) is 6.68. The molecule has 7 nitrogen and oxygen atoms in total. The van der Waals surface area contributed by atoms with Crippen LogP contribution >= 0.6 is 0 Å². The van der Waals surface area contributed by atoms with Crippen molar-refractivity contribution in [1.29, 1.82) is 0 Å². The monoisotopic (exact) mass is 579 g/mol. The minimum absolute atomic E-state index is 0.0280. The molecule has 1 amide bonds. The molecule has 0 saturated carbocycles. The molecule has 0 bridgehead atoms. The largest absolute Gasteiger partial charge is 0.462 e. The zero-order chi connectivity index (χ0) is 29.5. The zero-order valence-corrected chi connectivity index (χ0v) is 24.1. The van der Waals surface area contributed by atoms with Crippen molar-refractivity contribution >= 4 is 22.6 Å². The lowest BCUT2D eigenvalue weighted by molar-refractivity contribution is -0.126. The minimum atomic E-state index is -0.938. The summed E-state index contributed by atoms with van der Waals surface area (Å²) in [4.78, 5) is 26.9. The molecule has 2 aromatic carbocycles. The van der Waals surface area contributed by atoms with Crippen molar-refractivity contribution in [1.82, 2.24) is 19.8 Å². The van der Waals surface area contributed by atoms with E-state index in [1.165, 1.54) is 12.1 Å². The van der Waals surface area contributed by atoms with Crippen molar-refractivity contribution in [2.45, 2.75) is 57.3 Å². The van der Waals surface area contributed by atoms with Crippen LogP contribution in [-0.4, -0.2) is 83.8 Å². The number of anilines is 1. The number of fused-ring (bicyclic) bond motifs is 2. The SMILES string of the molecule is C=CC(=O)N1CCN(c2nc(OC[C@@H]3C[C@@H](F)CN3C)nc3c(F)c(-c4cccc5c4CCCC5)c(F)cc23)[C@@H](C)C1. The number of likely N-dealkylation sites (N-methyl/N-ethyl adjacent to an activating group) is 1. The molecule has 1 aliphatic carbocycles. The number of hydrogen-bond donors (Lipinski definition) is 0. The molecule has 222 valence electrons. The first-order valence-corrected chi connectivity index (χ1v) is 14.7. The van der Waals surface area contributed by atoms with Gasteiger partial charge in [-0.2, -0.15) is 9.97 Å². The number of likely N-dealkylation sites (tertiary alicyclic amines) is 1. The van der Waals surface area contributed by atoms with Gasteiger partial charge in [-0.25, -0.2) is 13.2 Å². The lowest BCUT2D eigenvalue weighted by Gasteiger charge is -2.40. The van der Waals surface area contributed by atoms with E-state index in [9.17, 15) is 9.18 Å². The highest BCUT2D eigenvalue weighted by molar-refractivity contribution is 5.94. The van der Waals surface area contributed by atoms with Gasteiger partial charge in [0.15, 0.2) is 5.82 Å². The van der Waals surface area contributed by atoms with Crippen molar-refractivity contribution in [3.63, 3.8) is 0 Å². The van der Waals surface area contributed by atoms with Crippen LogP contribution in [0.2, 0.25) is 0 Å². The Hall–Kier alpha value is -3.66. The summed E-state index contributed by atoms with van der Waals surface area (Å²) in [6, 6.07) is 6.57. The lowest BCUT2D eigenvalue weighted by atomic mass is 9.85. The molecule has 3 heterocycles. The molecule has 0 unspecified atom stereocenters. The smallest absolute Gasteiger partial charge is 0.319 e. The number of carbonyl (C=O) groups is 1. The van der Waals surface area contributed by atoms with E-state index in [1.54, 1.807) is 11.0 Å². The number of aromatic nitrogens is 2. The number of hydrogen-bond acceptors (Lipinski definition) is 6. The van der Waals surface area contributed by atoms with E-state index >= 15 is 8.78 Å². The Balaban J connectivity index is 1.45. The first-order valence-electron chi connectivity index (χ1n) is 14.7. The summed E-state index contributed by atoms with van der Waals surface area (Å²) < 4.78 is 52.5. The normalized spacial score (nSPS) is 22.8. The van der Waals surface area contributed by atoms with Crippen LogP contribution in [0.4, 0.5) is 19.0 Å². The van der Waals surface area contributed by atoms with E-state index in [1.807, 2.05) is 35.9 Å². The molecule has 2 saturated heterocycles. The predicted molar refractivity (Wildman–Crippen MR) is 157 cm³/mol. The Morgan fingerprint density at radius 2 is 1.98 bits per heavy atom. The molecule has 6 rings (SSSR count). The average molecular weight is 580 g/mol. The van der Waals surface area contributed by atoms with Gasteiger partial charge in [-0.3, -0.25) is 9.69 Å². The molecular formula is C32H36F3N5O2. The van der Waals surface area contributed by atoms with Crippen LogP contribution in [0.1, 0.15) is 37.3 Å². The van der Waals surface area contributed by atoms with E-state index in [4.69, 9.17) is 4.74 Å². The van der Waals surface area contributed by atoms with E-state index in [0.717, 1.165) is 36.8 Å². The molecule has 2 aliphatic heterocycles. The Labute approximate surface area is 244 Å². The first-order chi connectivity index (χ1) is 20.2. The van der Waals surface area contributed by atoms with Crippen molar-refractivity contribution in [2.75, 3.05) is 44.7 Å². The molecular weight excluding hydrogens is 543 g/mol. The number of rotatable bonds is 6. The molecule has 3 aliphatic rings. The molecule has 0 N–H and O–H groups in total. The maximum absolute atomic E-state index is 16.6. The van der Waals surface area contributed by atoms with Crippen LogP contribution in [0, 0.1) is 11.6 Å². The third-order valence-corrected chi connectivity index (χ3v) is 8.94. The summed E-state index contributed by atoms with van der Waals surface area (Å²) in [5.74, 6) is -1.26. The fourth-order valence-corrected chi connectivity index (χ4v) is 6.68. The van der Waals surface area contributed by atoms with Gasteiger partial charge in [0.1, 0.15) is 29.9 Å². The van der Waals surface area contributed by atoms with Gasteiger partial charge in [0, 0.05) is 43.6 Å². The summed E-state index contributed by atoms with van der Waals surface area (Å²) >= 11 is 0.